The number of nitrogens with one attached hydrogen (secondary N) is 2. The Bertz CT molecular complexity index is 420. The summed E-state index contributed by atoms with van der Waals surface area (Å²) in [5.41, 5.74) is 0.827. The van der Waals surface area contributed by atoms with Gasteiger partial charge in [-0.1, -0.05) is 38.5 Å². The molecule has 0 spiro atoms. The van der Waals surface area contributed by atoms with E-state index in [4.69, 9.17) is 5.11 Å². The molecule has 5 nitrogen and oxygen atoms in total. The highest BCUT2D eigenvalue weighted by atomic mass is 16.4. The first-order chi connectivity index (χ1) is 9.04. The maximum atomic E-state index is 11.7. The summed E-state index contributed by atoms with van der Waals surface area (Å²) in [6, 6.07) is 8.45. The van der Waals surface area contributed by atoms with Crippen LogP contribution in [-0.4, -0.2) is 29.6 Å². The molecule has 0 aliphatic carbocycles. The second kappa shape index (κ2) is 7.41. The summed E-state index contributed by atoms with van der Waals surface area (Å²) >= 11 is 0. The summed E-state index contributed by atoms with van der Waals surface area (Å²) in [6.07, 6.45) is 0.698. The molecule has 0 aromatic heterocycles. The lowest BCUT2D eigenvalue weighted by Crippen LogP contribution is -2.46. The average Bonchev–Trinajstić information content (AvgIpc) is 2.42. The Hall–Kier alpha value is -2.04. The summed E-state index contributed by atoms with van der Waals surface area (Å²) in [4.78, 5) is 22.8. The Kier molecular flexibility index (Phi) is 5.85. The molecule has 3 N–H and O–H groups in total. The number of amides is 1. The lowest BCUT2D eigenvalue weighted by molar-refractivity contribution is -0.143. The molecule has 1 rings (SSSR count). The number of rotatable bonds is 7. The monoisotopic (exact) mass is 264 g/mol. The van der Waals surface area contributed by atoms with Gasteiger partial charge in [0.1, 0.15) is 6.04 Å². The number of hydrogen-bond donors (Lipinski definition) is 3. The Labute approximate surface area is 113 Å². The van der Waals surface area contributed by atoms with Gasteiger partial charge in [0.15, 0.2) is 0 Å². The zero-order chi connectivity index (χ0) is 14.3. The van der Waals surface area contributed by atoms with Gasteiger partial charge in [-0.15, -0.1) is 0 Å². The normalized spacial score (nSPS) is 13.4. The van der Waals surface area contributed by atoms with Gasteiger partial charge in [-0.05, 0) is 18.1 Å². The number of aliphatic carboxylic acids is 1. The molecule has 0 saturated carbocycles. The van der Waals surface area contributed by atoms with Crippen LogP contribution in [-0.2, 0) is 9.59 Å². The Morgan fingerprint density at radius 1 is 1.26 bits per heavy atom. The number of hydrogen-bond acceptors (Lipinski definition) is 3. The summed E-state index contributed by atoms with van der Waals surface area (Å²) in [5.74, 6) is -1.42. The standard InChI is InChI=1S/C14H20N2O3/c1-3-10(2)13(14(18)19)16-12(17)9-15-11-7-5-4-6-8-11/h4-8,10,13,15H,3,9H2,1-2H3,(H,16,17)(H,18,19)/t10?,13-/m0/s1. The molecular weight excluding hydrogens is 244 g/mol. The van der Waals surface area contributed by atoms with E-state index in [-0.39, 0.29) is 18.4 Å². The van der Waals surface area contributed by atoms with E-state index >= 15 is 0 Å². The topological polar surface area (TPSA) is 78.4 Å². The summed E-state index contributed by atoms with van der Waals surface area (Å²) in [6.45, 7) is 3.77. The Balaban J connectivity index is 2.47. The number of benzene rings is 1. The first-order valence-electron chi connectivity index (χ1n) is 6.35. The molecule has 2 atom stereocenters. The van der Waals surface area contributed by atoms with Crippen LogP contribution in [0.25, 0.3) is 0 Å². The van der Waals surface area contributed by atoms with Crippen molar-refractivity contribution in [2.24, 2.45) is 5.92 Å². The zero-order valence-corrected chi connectivity index (χ0v) is 11.2. The van der Waals surface area contributed by atoms with Crippen LogP contribution < -0.4 is 10.6 Å². The van der Waals surface area contributed by atoms with E-state index in [1.165, 1.54) is 0 Å². The molecule has 0 radical (unpaired) electrons. The van der Waals surface area contributed by atoms with Gasteiger partial charge in [-0.25, -0.2) is 4.79 Å². The van der Waals surface area contributed by atoms with Crippen molar-refractivity contribution in [1.29, 1.82) is 0 Å². The van der Waals surface area contributed by atoms with Crippen LogP contribution in [0, 0.1) is 5.92 Å². The highest BCUT2D eigenvalue weighted by molar-refractivity contribution is 5.86. The number of anilines is 1. The van der Waals surface area contributed by atoms with Crippen LogP contribution in [0.1, 0.15) is 20.3 Å². The molecule has 0 fully saturated rings. The SMILES string of the molecule is CCC(C)[C@H](NC(=O)CNc1ccccc1)C(=O)O. The van der Waals surface area contributed by atoms with Crippen LogP contribution in [0.15, 0.2) is 30.3 Å². The van der Waals surface area contributed by atoms with Crippen molar-refractivity contribution in [1.82, 2.24) is 5.32 Å². The summed E-state index contributed by atoms with van der Waals surface area (Å²) < 4.78 is 0. The lowest BCUT2D eigenvalue weighted by atomic mass is 9.99. The van der Waals surface area contributed by atoms with E-state index in [2.05, 4.69) is 10.6 Å². The maximum absolute atomic E-state index is 11.7. The van der Waals surface area contributed by atoms with Crippen LogP contribution >= 0.6 is 0 Å². The average molecular weight is 264 g/mol. The third kappa shape index (κ3) is 4.99. The van der Waals surface area contributed by atoms with Gasteiger partial charge in [0.25, 0.3) is 0 Å². The summed E-state index contributed by atoms with van der Waals surface area (Å²) in [7, 11) is 0. The largest absolute Gasteiger partial charge is 0.480 e. The third-order valence-electron chi connectivity index (χ3n) is 3.02. The van der Waals surface area contributed by atoms with Crippen molar-refractivity contribution in [3.8, 4) is 0 Å². The number of para-hydroxylation sites is 1. The molecule has 0 aliphatic rings. The Morgan fingerprint density at radius 2 is 1.89 bits per heavy atom. The molecule has 1 amide bonds. The molecular formula is C14H20N2O3. The van der Waals surface area contributed by atoms with Crippen molar-refractivity contribution in [2.75, 3.05) is 11.9 Å². The van der Waals surface area contributed by atoms with Crippen LogP contribution in [0.5, 0.6) is 0 Å². The van der Waals surface area contributed by atoms with Crippen LogP contribution in [0.2, 0.25) is 0 Å². The van der Waals surface area contributed by atoms with E-state index in [9.17, 15) is 9.59 Å². The fourth-order valence-corrected chi connectivity index (χ4v) is 1.65. The van der Waals surface area contributed by atoms with Crippen molar-refractivity contribution >= 4 is 17.6 Å². The van der Waals surface area contributed by atoms with Gasteiger partial charge in [-0.3, -0.25) is 4.79 Å². The number of carboxylic acids is 1. The second-order valence-electron chi connectivity index (χ2n) is 4.49. The minimum atomic E-state index is -0.998. The molecule has 0 saturated heterocycles. The van der Waals surface area contributed by atoms with E-state index in [1.807, 2.05) is 44.2 Å². The van der Waals surface area contributed by atoms with Crippen molar-refractivity contribution < 1.29 is 14.7 Å². The van der Waals surface area contributed by atoms with Gasteiger partial charge >= 0.3 is 5.97 Å². The predicted octanol–water partition coefficient (Wildman–Crippen LogP) is 1.71. The van der Waals surface area contributed by atoms with Gasteiger partial charge in [-0.2, -0.15) is 0 Å². The molecule has 104 valence electrons. The molecule has 0 aliphatic heterocycles. The Morgan fingerprint density at radius 3 is 2.42 bits per heavy atom. The van der Waals surface area contributed by atoms with Crippen molar-refractivity contribution in [2.45, 2.75) is 26.3 Å². The molecule has 5 heteroatoms. The molecule has 0 heterocycles. The van der Waals surface area contributed by atoms with E-state index in [1.54, 1.807) is 0 Å². The van der Waals surface area contributed by atoms with E-state index in [0.29, 0.717) is 6.42 Å². The zero-order valence-electron chi connectivity index (χ0n) is 11.2. The quantitative estimate of drug-likeness (QED) is 0.700. The van der Waals surface area contributed by atoms with Gasteiger partial charge in [0, 0.05) is 5.69 Å². The number of carbonyl (C=O) groups is 2. The molecule has 1 unspecified atom stereocenters. The highest BCUT2D eigenvalue weighted by Gasteiger charge is 2.24. The minimum absolute atomic E-state index is 0.0597. The van der Waals surface area contributed by atoms with E-state index < -0.39 is 12.0 Å². The highest BCUT2D eigenvalue weighted by Crippen LogP contribution is 2.08. The second-order valence-corrected chi connectivity index (χ2v) is 4.49. The first kappa shape index (κ1) is 15.0. The fourth-order valence-electron chi connectivity index (χ4n) is 1.65. The third-order valence-corrected chi connectivity index (χ3v) is 3.02. The van der Waals surface area contributed by atoms with Crippen LogP contribution in [0.3, 0.4) is 0 Å². The number of carbonyl (C=O) groups excluding carboxylic acids is 1. The lowest BCUT2D eigenvalue weighted by Gasteiger charge is -2.20. The molecule has 1 aromatic carbocycles. The first-order valence-corrected chi connectivity index (χ1v) is 6.35. The molecule has 1 aromatic rings. The maximum Gasteiger partial charge on any atom is 0.326 e. The van der Waals surface area contributed by atoms with Gasteiger partial charge in [0.2, 0.25) is 5.91 Å². The fraction of sp³-hybridized carbons (Fsp3) is 0.429. The van der Waals surface area contributed by atoms with E-state index in [0.717, 1.165) is 5.69 Å². The van der Waals surface area contributed by atoms with Crippen LogP contribution in [0.4, 0.5) is 5.69 Å². The predicted molar refractivity (Wildman–Crippen MR) is 74.0 cm³/mol. The van der Waals surface area contributed by atoms with Gasteiger partial charge in [0.05, 0.1) is 6.54 Å². The summed E-state index contributed by atoms with van der Waals surface area (Å²) in [5, 5.41) is 14.6. The smallest absolute Gasteiger partial charge is 0.326 e. The van der Waals surface area contributed by atoms with Crippen molar-refractivity contribution in [3.05, 3.63) is 30.3 Å². The van der Waals surface area contributed by atoms with Crippen molar-refractivity contribution in [3.63, 3.8) is 0 Å². The van der Waals surface area contributed by atoms with Gasteiger partial charge < -0.3 is 15.7 Å². The number of carboxylic acid groups (broad SMARTS) is 1. The minimum Gasteiger partial charge on any atom is -0.480 e. The molecule has 19 heavy (non-hydrogen) atoms. The molecule has 0 bridgehead atoms.